The summed E-state index contributed by atoms with van der Waals surface area (Å²) in [6, 6.07) is 6.92. The van der Waals surface area contributed by atoms with Crippen molar-refractivity contribution < 1.29 is 0 Å². The van der Waals surface area contributed by atoms with Crippen LogP contribution in [0.2, 0.25) is 0 Å². The summed E-state index contributed by atoms with van der Waals surface area (Å²) >= 11 is 0. The van der Waals surface area contributed by atoms with Crippen molar-refractivity contribution in [2.75, 3.05) is 0 Å². The average molecular weight is 214 g/mol. The van der Waals surface area contributed by atoms with Gasteiger partial charge in [-0.05, 0) is 56.2 Å². The van der Waals surface area contributed by atoms with Crippen molar-refractivity contribution in [3.8, 4) is 0 Å². The van der Waals surface area contributed by atoms with E-state index in [9.17, 15) is 0 Å². The molecular weight excluding hydrogens is 192 g/mol. The maximum absolute atomic E-state index is 2.47. The highest BCUT2D eigenvalue weighted by molar-refractivity contribution is 5.35. The van der Waals surface area contributed by atoms with Crippen LogP contribution in [-0.2, 0) is 0 Å². The average Bonchev–Trinajstić information content (AvgIpc) is 2.26. The first-order chi connectivity index (χ1) is 7.58. The summed E-state index contributed by atoms with van der Waals surface area (Å²) < 4.78 is 0. The van der Waals surface area contributed by atoms with E-state index >= 15 is 0 Å². The fraction of sp³-hybridized carbons (Fsp3) is 0.500. The lowest BCUT2D eigenvalue weighted by molar-refractivity contribution is 0.517. The molecule has 86 valence electrons. The maximum Gasteiger partial charge on any atom is 0.00209 e. The molecule has 2 unspecified atom stereocenters. The number of rotatable bonds is 1. The van der Waals surface area contributed by atoms with Crippen LogP contribution in [0.5, 0.6) is 0 Å². The summed E-state index contributed by atoms with van der Waals surface area (Å²) in [6.45, 7) is 9.00. The van der Waals surface area contributed by atoms with Gasteiger partial charge in [0.15, 0.2) is 0 Å². The largest absolute Gasteiger partial charge is 0.0778 e. The molecule has 0 saturated heterocycles. The molecule has 0 nitrogen and oxygen atoms in total. The van der Waals surface area contributed by atoms with Crippen LogP contribution in [-0.4, -0.2) is 0 Å². The van der Waals surface area contributed by atoms with Crippen molar-refractivity contribution in [2.45, 2.75) is 46.5 Å². The van der Waals surface area contributed by atoms with Gasteiger partial charge in [-0.1, -0.05) is 36.8 Å². The Morgan fingerprint density at radius 3 is 2.38 bits per heavy atom. The third-order valence-corrected chi connectivity index (χ3v) is 4.11. The van der Waals surface area contributed by atoms with Crippen LogP contribution in [0.1, 0.15) is 49.3 Å². The van der Waals surface area contributed by atoms with Gasteiger partial charge in [-0.3, -0.25) is 0 Å². The van der Waals surface area contributed by atoms with E-state index in [1.165, 1.54) is 29.5 Å². The zero-order valence-corrected chi connectivity index (χ0v) is 10.9. The predicted molar refractivity (Wildman–Crippen MR) is 70.8 cm³/mol. The van der Waals surface area contributed by atoms with E-state index in [0.29, 0.717) is 5.92 Å². The summed E-state index contributed by atoms with van der Waals surface area (Å²) in [5, 5.41) is 0. The highest BCUT2D eigenvalue weighted by atomic mass is 14.2. The Labute approximate surface area is 99.4 Å². The summed E-state index contributed by atoms with van der Waals surface area (Å²) in [7, 11) is 0. The Morgan fingerprint density at radius 2 is 1.75 bits per heavy atom. The van der Waals surface area contributed by atoms with Crippen LogP contribution in [0.15, 0.2) is 29.8 Å². The lowest BCUT2D eigenvalue weighted by atomic mass is 9.80. The van der Waals surface area contributed by atoms with Crippen LogP contribution in [0.4, 0.5) is 0 Å². The van der Waals surface area contributed by atoms with Crippen molar-refractivity contribution in [1.82, 2.24) is 0 Å². The Bertz CT molecular complexity index is 412. The molecule has 0 aliphatic heterocycles. The van der Waals surface area contributed by atoms with Crippen molar-refractivity contribution in [3.63, 3.8) is 0 Å². The normalized spacial score (nSPS) is 25.4. The van der Waals surface area contributed by atoms with Crippen molar-refractivity contribution in [3.05, 3.63) is 46.5 Å². The molecule has 1 aromatic rings. The monoisotopic (exact) mass is 214 g/mol. The molecule has 1 aliphatic rings. The first-order valence-corrected chi connectivity index (χ1v) is 6.33. The van der Waals surface area contributed by atoms with E-state index in [-0.39, 0.29) is 0 Å². The standard InChI is InChI=1S/C16H22/c1-11-5-7-15(9-13(11)3)16-8-6-12(2)14(4)10-16/h5,7,9-10,12,16H,6,8H2,1-4H3. The lowest BCUT2D eigenvalue weighted by Gasteiger charge is -2.25. The molecule has 2 atom stereocenters. The van der Waals surface area contributed by atoms with E-state index in [2.05, 4.69) is 52.0 Å². The van der Waals surface area contributed by atoms with Crippen LogP contribution in [0.25, 0.3) is 0 Å². The van der Waals surface area contributed by atoms with E-state index in [0.717, 1.165) is 5.92 Å². The van der Waals surface area contributed by atoms with E-state index in [1.54, 1.807) is 5.57 Å². The van der Waals surface area contributed by atoms with Crippen molar-refractivity contribution in [1.29, 1.82) is 0 Å². The Hall–Kier alpha value is -1.04. The van der Waals surface area contributed by atoms with Crippen LogP contribution in [0.3, 0.4) is 0 Å². The van der Waals surface area contributed by atoms with Gasteiger partial charge < -0.3 is 0 Å². The van der Waals surface area contributed by atoms with Crippen LogP contribution >= 0.6 is 0 Å². The lowest BCUT2D eigenvalue weighted by Crippen LogP contribution is -2.09. The second-order valence-corrected chi connectivity index (χ2v) is 5.34. The molecule has 0 N–H and O–H groups in total. The number of hydrogen-bond acceptors (Lipinski definition) is 0. The Balaban J connectivity index is 2.28. The molecule has 0 amide bonds. The molecule has 1 aromatic carbocycles. The van der Waals surface area contributed by atoms with Crippen molar-refractivity contribution >= 4 is 0 Å². The molecule has 16 heavy (non-hydrogen) atoms. The molecular formula is C16H22. The fourth-order valence-electron chi connectivity index (χ4n) is 2.48. The van der Waals surface area contributed by atoms with Gasteiger partial charge in [0.05, 0.1) is 0 Å². The number of hydrogen-bond donors (Lipinski definition) is 0. The molecule has 0 aromatic heterocycles. The van der Waals surface area contributed by atoms with E-state index in [4.69, 9.17) is 0 Å². The van der Waals surface area contributed by atoms with Crippen LogP contribution < -0.4 is 0 Å². The molecule has 0 saturated carbocycles. The molecule has 0 fully saturated rings. The zero-order valence-electron chi connectivity index (χ0n) is 10.9. The molecule has 1 aliphatic carbocycles. The predicted octanol–water partition coefficient (Wildman–Crippen LogP) is 4.76. The maximum atomic E-state index is 2.47. The Kier molecular flexibility index (Phi) is 3.18. The third kappa shape index (κ3) is 2.21. The van der Waals surface area contributed by atoms with E-state index < -0.39 is 0 Å². The molecule has 0 heteroatoms. The van der Waals surface area contributed by atoms with Gasteiger partial charge in [-0.2, -0.15) is 0 Å². The second kappa shape index (κ2) is 4.45. The van der Waals surface area contributed by atoms with Crippen LogP contribution in [0, 0.1) is 19.8 Å². The minimum absolute atomic E-state index is 0.649. The highest BCUT2D eigenvalue weighted by Crippen LogP contribution is 2.34. The highest BCUT2D eigenvalue weighted by Gasteiger charge is 2.18. The quantitative estimate of drug-likeness (QED) is 0.591. The fourth-order valence-corrected chi connectivity index (χ4v) is 2.48. The van der Waals surface area contributed by atoms with Gasteiger partial charge in [0, 0.05) is 5.92 Å². The second-order valence-electron chi connectivity index (χ2n) is 5.34. The molecule has 0 bridgehead atoms. The third-order valence-electron chi connectivity index (χ3n) is 4.11. The van der Waals surface area contributed by atoms with E-state index in [1.807, 2.05) is 0 Å². The first-order valence-electron chi connectivity index (χ1n) is 6.33. The molecule has 0 heterocycles. The summed E-state index contributed by atoms with van der Waals surface area (Å²) in [5.74, 6) is 1.43. The minimum atomic E-state index is 0.649. The minimum Gasteiger partial charge on any atom is -0.0778 e. The topological polar surface area (TPSA) is 0 Å². The number of allylic oxidation sites excluding steroid dienone is 2. The number of benzene rings is 1. The van der Waals surface area contributed by atoms with Gasteiger partial charge in [0.1, 0.15) is 0 Å². The first kappa shape index (κ1) is 11.4. The smallest absolute Gasteiger partial charge is 0.00209 e. The van der Waals surface area contributed by atoms with Gasteiger partial charge in [0.2, 0.25) is 0 Å². The summed E-state index contributed by atoms with van der Waals surface area (Å²) in [6.07, 6.45) is 5.11. The zero-order chi connectivity index (χ0) is 11.7. The molecule has 0 radical (unpaired) electrons. The molecule has 2 rings (SSSR count). The summed E-state index contributed by atoms with van der Waals surface area (Å²) in [4.78, 5) is 0. The molecule has 0 spiro atoms. The summed E-state index contributed by atoms with van der Waals surface area (Å²) in [5.41, 5.74) is 5.87. The Morgan fingerprint density at radius 1 is 1.00 bits per heavy atom. The van der Waals surface area contributed by atoms with Crippen molar-refractivity contribution in [2.24, 2.45) is 5.92 Å². The van der Waals surface area contributed by atoms with Gasteiger partial charge in [-0.15, -0.1) is 0 Å². The number of aryl methyl sites for hydroxylation is 2. The SMILES string of the molecule is CC1=CC(c2ccc(C)c(C)c2)CCC1C. The van der Waals surface area contributed by atoms with Gasteiger partial charge >= 0.3 is 0 Å². The van der Waals surface area contributed by atoms with Gasteiger partial charge in [0.25, 0.3) is 0 Å². The van der Waals surface area contributed by atoms with Gasteiger partial charge in [-0.25, -0.2) is 0 Å².